The monoisotopic (exact) mass is 453 g/mol. The lowest BCUT2D eigenvalue weighted by Crippen LogP contribution is -2.11. The SMILES string of the molecule is O=C(Nc1ccc([C@@H]2C[C@@H]2Cc2ccc3ccccc3c2)cc1)c1ccc(-c2ccccc2)cc1. The van der Waals surface area contributed by atoms with Gasteiger partial charge in [-0.05, 0) is 82.0 Å². The number of rotatable bonds is 6. The molecule has 1 fully saturated rings. The summed E-state index contributed by atoms with van der Waals surface area (Å²) >= 11 is 0. The van der Waals surface area contributed by atoms with Gasteiger partial charge in [0.25, 0.3) is 5.91 Å². The normalized spacial score (nSPS) is 16.7. The van der Waals surface area contributed by atoms with E-state index in [4.69, 9.17) is 0 Å². The van der Waals surface area contributed by atoms with Crippen molar-refractivity contribution in [1.82, 2.24) is 0 Å². The Labute approximate surface area is 206 Å². The zero-order chi connectivity index (χ0) is 23.6. The first-order chi connectivity index (χ1) is 17.2. The molecule has 6 rings (SSSR count). The van der Waals surface area contributed by atoms with Crippen LogP contribution in [0.3, 0.4) is 0 Å². The Morgan fingerprint density at radius 3 is 2.14 bits per heavy atom. The molecular weight excluding hydrogens is 426 g/mol. The number of carbonyl (C=O) groups excluding carboxylic acids is 1. The fourth-order valence-corrected chi connectivity index (χ4v) is 5.01. The van der Waals surface area contributed by atoms with Gasteiger partial charge >= 0.3 is 0 Å². The van der Waals surface area contributed by atoms with Crippen LogP contribution in [0.5, 0.6) is 0 Å². The molecule has 0 unspecified atom stereocenters. The van der Waals surface area contributed by atoms with E-state index in [1.807, 2.05) is 54.6 Å². The lowest BCUT2D eigenvalue weighted by atomic mass is 10.0. The third-order valence-corrected chi connectivity index (χ3v) is 7.09. The van der Waals surface area contributed by atoms with Gasteiger partial charge in [-0.2, -0.15) is 0 Å². The molecule has 0 radical (unpaired) electrons. The molecule has 2 heteroatoms. The lowest BCUT2D eigenvalue weighted by Gasteiger charge is -2.08. The van der Waals surface area contributed by atoms with Gasteiger partial charge in [-0.3, -0.25) is 4.79 Å². The molecule has 0 aromatic heterocycles. The second-order valence-electron chi connectivity index (χ2n) is 9.51. The molecule has 1 amide bonds. The first kappa shape index (κ1) is 21.4. The molecule has 1 aliphatic carbocycles. The molecule has 2 atom stereocenters. The van der Waals surface area contributed by atoms with E-state index in [2.05, 4.69) is 72.0 Å². The average Bonchev–Trinajstić information content (AvgIpc) is 3.68. The highest BCUT2D eigenvalue weighted by molar-refractivity contribution is 6.04. The van der Waals surface area contributed by atoms with Gasteiger partial charge in [-0.25, -0.2) is 0 Å². The molecule has 0 saturated heterocycles. The van der Waals surface area contributed by atoms with Gasteiger partial charge in [0.2, 0.25) is 0 Å². The van der Waals surface area contributed by atoms with Crippen molar-refractivity contribution < 1.29 is 4.79 Å². The molecule has 5 aromatic rings. The van der Waals surface area contributed by atoms with Crippen LogP contribution in [0, 0.1) is 5.92 Å². The summed E-state index contributed by atoms with van der Waals surface area (Å²) in [6, 6.07) is 41.7. The number of anilines is 1. The number of hydrogen-bond acceptors (Lipinski definition) is 1. The van der Waals surface area contributed by atoms with Crippen LogP contribution in [0.2, 0.25) is 0 Å². The Morgan fingerprint density at radius 2 is 1.37 bits per heavy atom. The Balaban J connectivity index is 1.06. The van der Waals surface area contributed by atoms with Crippen LogP contribution in [0.1, 0.15) is 33.8 Å². The second kappa shape index (κ2) is 9.23. The van der Waals surface area contributed by atoms with Crippen LogP contribution >= 0.6 is 0 Å². The number of benzene rings is 5. The van der Waals surface area contributed by atoms with Crippen molar-refractivity contribution in [1.29, 1.82) is 0 Å². The van der Waals surface area contributed by atoms with Gasteiger partial charge in [-0.15, -0.1) is 0 Å². The fourth-order valence-electron chi connectivity index (χ4n) is 5.01. The van der Waals surface area contributed by atoms with Crippen molar-refractivity contribution in [3.8, 4) is 11.1 Å². The van der Waals surface area contributed by atoms with Crippen molar-refractivity contribution in [2.24, 2.45) is 5.92 Å². The van der Waals surface area contributed by atoms with E-state index in [0.29, 0.717) is 17.4 Å². The van der Waals surface area contributed by atoms with Crippen molar-refractivity contribution in [2.75, 3.05) is 5.32 Å². The maximum absolute atomic E-state index is 12.7. The second-order valence-corrected chi connectivity index (χ2v) is 9.51. The third-order valence-electron chi connectivity index (χ3n) is 7.09. The van der Waals surface area contributed by atoms with Crippen molar-refractivity contribution in [3.63, 3.8) is 0 Å². The van der Waals surface area contributed by atoms with Crippen LogP contribution in [0.25, 0.3) is 21.9 Å². The first-order valence-electron chi connectivity index (χ1n) is 12.3. The van der Waals surface area contributed by atoms with Crippen molar-refractivity contribution >= 4 is 22.4 Å². The van der Waals surface area contributed by atoms with E-state index < -0.39 is 0 Å². The highest BCUT2D eigenvalue weighted by Gasteiger charge is 2.37. The Kier molecular flexibility index (Phi) is 5.64. The molecular formula is C33H27NO. The minimum Gasteiger partial charge on any atom is -0.322 e. The van der Waals surface area contributed by atoms with E-state index in [1.165, 1.54) is 28.3 Å². The van der Waals surface area contributed by atoms with Gasteiger partial charge < -0.3 is 5.32 Å². The molecule has 0 aliphatic heterocycles. The van der Waals surface area contributed by atoms with Crippen molar-refractivity contribution in [2.45, 2.75) is 18.8 Å². The van der Waals surface area contributed by atoms with E-state index in [9.17, 15) is 4.79 Å². The summed E-state index contributed by atoms with van der Waals surface area (Å²) in [7, 11) is 0. The zero-order valence-electron chi connectivity index (χ0n) is 19.5. The number of carbonyl (C=O) groups is 1. The van der Waals surface area contributed by atoms with E-state index in [1.54, 1.807) is 0 Å². The lowest BCUT2D eigenvalue weighted by molar-refractivity contribution is 0.102. The van der Waals surface area contributed by atoms with Gasteiger partial charge in [0.05, 0.1) is 0 Å². The van der Waals surface area contributed by atoms with Gasteiger partial charge in [0, 0.05) is 11.3 Å². The van der Waals surface area contributed by atoms with Gasteiger partial charge in [0.1, 0.15) is 0 Å². The van der Waals surface area contributed by atoms with E-state index >= 15 is 0 Å². The highest BCUT2D eigenvalue weighted by Crippen LogP contribution is 2.49. The highest BCUT2D eigenvalue weighted by atomic mass is 16.1. The van der Waals surface area contributed by atoms with Crippen molar-refractivity contribution in [3.05, 3.63) is 138 Å². The molecule has 0 bridgehead atoms. The topological polar surface area (TPSA) is 29.1 Å². The summed E-state index contributed by atoms with van der Waals surface area (Å²) < 4.78 is 0. The number of fused-ring (bicyclic) bond motifs is 1. The van der Waals surface area contributed by atoms with Gasteiger partial charge in [-0.1, -0.05) is 97.1 Å². The predicted molar refractivity (Wildman–Crippen MR) is 145 cm³/mol. The van der Waals surface area contributed by atoms with E-state index in [0.717, 1.165) is 23.2 Å². The molecule has 1 saturated carbocycles. The summed E-state index contributed by atoms with van der Waals surface area (Å²) in [6.45, 7) is 0. The summed E-state index contributed by atoms with van der Waals surface area (Å²) in [5.41, 5.74) is 6.52. The zero-order valence-corrected chi connectivity index (χ0v) is 19.5. The standard InChI is InChI=1S/C33H27NO/c35-33(28-14-12-26(13-15-28)24-6-2-1-3-7-24)34-31-18-16-27(17-19-31)32-22-30(32)21-23-10-11-25-8-4-5-9-29(25)20-23/h1-20,30,32H,21-22H2,(H,34,35)/t30-,32-/m0/s1. The molecule has 1 aliphatic rings. The third kappa shape index (κ3) is 4.74. The molecule has 0 heterocycles. The summed E-state index contributed by atoms with van der Waals surface area (Å²) in [6.07, 6.45) is 2.35. The molecule has 0 spiro atoms. The summed E-state index contributed by atoms with van der Waals surface area (Å²) in [4.78, 5) is 12.7. The van der Waals surface area contributed by atoms with Gasteiger partial charge in [0.15, 0.2) is 0 Å². The fraction of sp³-hybridized carbons (Fsp3) is 0.121. The first-order valence-corrected chi connectivity index (χ1v) is 12.3. The Morgan fingerprint density at radius 1 is 0.686 bits per heavy atom. The number of hydrogen-bond donors (Lipinski definition) is 1. The maximum atomic E-state index is 12.7. The quantitative estimate of drug-likeness (QED) is 0.276. The van der Waals surface area contributed by atoms with Crippen LogP contribution in [-0.2, 0) is 6.42 Å². The largest absolute Gasteiger partial charge is 0.322 e. The average molecular weight is 454 g/mol. The number of nitrogens with one attached hydrogen (secondary N) is 1. The van der Waals surface area contributed by atoms with Crippen LogP contribution in [0.4, 0.5) is 5.69 Å². The number of amides is 1. The molecule has 170 valence electrons. The van der Waals surface area contributed by atoms with E-state index in [-0.39, 0.29) is 5.91 Å². The Bertz CT molecular complexity index is 1470. The summed E-state index contributed by atoms with van der Waals surface area (Å²) in [5.74, 6) is 1.22. The molecule has 35 heavy (non-hydrogen) atoms. The predicted octanol–water partition coefficient (Wildman–Crippen LogP) is 8.11. The van der Waals surface area contributed by atoms with Crippen LogP contribution in [-0.4, -0.2) is 5.91 Å². The molecule has 2 nitrogen and oxygen atoms in total. The van der Waals surface area contributed by atoms with Crippen LogP contribution in [0.15, 0.2) is 121 Å². The van der Waals surface area contributed by atoms with Crippen LogP contribution < -0.4 is 5.32 Å². The molecule has 5 aromatic carbocycles. The molecule has 1 N–H and O–H groups in total. The maximum Gasteiger partial charge on any atom is 0.255 e. The minimum atomic E-state index is -0.0852. The Hall–Kier alpha value is -4.17. The smallest absolute Gasteiger partial charge is 0.255 e. The minimum absolute atomic E-state index is 0.0852. The summed E-state index contributed by atoms with van der Waals surface area (Å²) in [5, 5.41) is 5.65.